The van der Waals surface area contributed by atoms with Crippen LogP contribution in [0.25, 0.3) is 0 Å². The lowest BCUT2D eigenvalue weighted by Crippen LogP contribution is -2.51. The highest BCUT2D eigenvalue weighted by Crippen LogP contribution is 2.14. The summed E-state index contributed by atoms with van der Waals surface area (Å²) in [4.78, 5) is 13.0. The maximum atomic E-state index is 11.6. The number of carbonyl (C=O) groups is 1. The molecule has 1 fully saturated rings. The van der Waals surface area contributed by atoms with Crippen LogP contribution in [0.3, 0.4) is 0 Å². The first-order valence-electron chi connectivity index (χ1n) is 7.49. The van der Waals surface area contributed by atoms with Gasteiger partial charge in [0.2, 0.25) is 5.91 Å². The van der Waals surface area contributed by atoms with Crippen LogP contribution in [-0.4, -0.2) is 82.0 Å². The monoisotopic (exact) mass is 305 g/mol. The molecular weight excluding hydrogens is 278 g/mol. The van der Waals surface area contributed by atoms with Crippen LogP contribution in [0.5, 0.6) is 0 Å². The van der Waals surface area contributed by atoms with E-state index in [-0.39, 0.29) is 12.5 Å². The summed E-state index contributed by atoms with van der Waals surface area (Å²) in [6.45, 7) is 1.72. The molecule has 0 aliphatic carbocycles. The zero-order valence-electron chi connectivity index (χ0n) is 12.5. The van der Waals surface area contributed by atoms with E-state index in [2.05, 4.69) is 0 Å². The fourth-order valence-electron chi connectivity index (χ4n) is 2.45. The molecule has 0 unspecified atom stereocenters. The van der Waals surface area contributed by atoms with E-state index in [4.69, 9.17) is 9.84 Å². The van der Waals surface area contributed by atoms with Gasteiger partial charge in [0.05, 0.1) is 6.61 Å². The molecule has 1 aliphatic rings. The Balaban J connectivity index is 2.78. The predicted octanol–water partition coefficient (Wildman–Crippen LogP) is -1.13. The van der Waals surface area contributed by atoms with E-state index in [0.29, 0.717) is 13.2 Å². The number of rotatable bonds is 2. The lowest BCUT2D eigenvalue weighted by molar-refractivity contribution is -0.151. The lowest BCUT2D eigenvalue weighted by atomic mass is 10.0. The predicted molar refractivity (Wildman–Crippen MR) is 75.6 cm³/mol. The third-order valence-corrected chi connectivity index (χ3v) is 3.78. The molecule has 0 aromatic heterocycles. The van der Waals surface area contributed by atoms with Crippen molar-refractivity contribution in [2.45, 2.75) is 57.0 Å². The number of aliphatic hydroxyl groups is 4. The van der Waals surface area contributed by atoms with Crippen LogP contribution in [0.1, 0.15) is 32.6 Å². The number of amides is 1. The Morgan fingerprint density at radius 1 is 1.29 bits per heavy atom. The SMILES string of the molecule is CC(=O)N1CCCCCCO[C@H]([C@H](O)CO)[C@H](O)[C@@H](O)C1. The van der Waals surface area contributed by atoms with Gasteiger partial charge in [-0.15, -0.1) is 0 Å². The fourth-order valence-corrected chi connectivity index (χ4v) is 2.45. The van der Waals surface area contributed by atoms with E-state index in [1.165, 1.54) is 11.8 Å². The second-order valence-electron chi connectivity index (χ2n) is 5.52. The Kier molecular flexibility index (Phi) is 8.13. The summed E-state index contributed by atoms with van der Waals surface area (Å²) in [5.74, 6) is -0.168. The summed E-state index contributed by atoms with van der Waals surface area (Å²) in [5.41, 5.74) is 0. The van der Waals surface area contributed by atoms with E-state index in [9.17, 15) is 20.1 Å². The van der Waals surface area contributed by atoms with Gasteiger partial charge in [0.25, 0.3) is 0 Å². The van der Waals surface area contributed by atoms with Crippen LogP contribution < -0.4 is 0 Å². The maximum absolute atomic E-state index is 11.6. The number of hydrogen-bond acceptors (Lipinski definition) is 6. The molecule has 0 radical (unpaired) electrons. The van der Waals surface area contributed by atoms with E-state index in [0.717, 1.165) is 25.7 Å². The van der Waals surface area contributed by atoms with Gasteiger partial charge in [-0.05, 0) is 12.8 Å². The molecule has 0 spiro atoms. The molecule has 4 atom stereocenters. The van der Waals surface area contributed by atoms with Crippen LogP contribution in [0.2, 0.25) is 0 Å². The summed E-state index contributed by atoms with van der Waals surface area (Å²) in [6.07, 6.45) is -1.48. The van der Waals surface area contributed by atoms with Crippen LogP contribution in [0, 0.1) is 0 Å². The molecule has 4 N–H and O–H groups in total. The second kappa shape index (κ2) is 9.32. The van der Waals surface area contributed by atoms with E-state index >= 15 is 0 Å². The summed E-state index contributed by atoms with van der Waals surface area (Å²) >= 11 is 0. The number of hydrogen-bond donors (Lipinski definition) is 4. The molecule has 0 saturated carbocycles. The zero-order valence-corrected chi connectivity index (χ0v) is 12.5. The summed E-state index contributed by atoms with van der Waals surface area (Å²) in [5, 5.41) is 39.0. The summed E-state index contributed by atoms with van der Waals surface area (Å²) in [6, 6.07) is 0. The van der Waals surface area contributed by atoms with Crippen molar-refractivity contribution in [1.29, 1.82) is 0 Å². The van der Waals surface area contributed by atoms with Crippen molar-refractivity contribution in [3.8, 4) is 0 Å². The highest BCUT2D eigenvalue weighted by Gasteiger charge is 2.34. The molecule has 1 rings (SSSR count). The van der Waals surface area contributed by atoms with Crippen molar-refractivity contribution in [3.63, 3.8) is 0 Å². The van der Waals surface area contributed by atoms with Gasteiger partial charge in [0.15, 0.2) is 0 Å². The van der Waals surface area contributed by atoms with Crippen molar-refractivity contribution in [1.82, 2.24) is 4.90 Å². The molecule has 1 heterocycles. The molecule has 1 saturated heterocycles. The molecule has 0 bridgehead atoms. The van der Waals surface area contributed by atoms with E-state index in [1.807, 2.05) is 0 Å². The molecule has 0 aromatic carbocycles. The van der Waals surface area contributed by atoms with Gasteiger partial charge in [0.1, 0.15) is 24.4 Å². The summed E-state index contributed by atoms with van der Waals surface area (Å²) in [7, 11) is 0. The van der Waals surface area contributed by atoms with Crippen LogP contribution in [-0.2, 0) is 9.53 Å². The van der Waals surface area contributed by atoms with E-state index < -0.39 is 31.0 Å². The van der Waals surface area contributed by atoms with Gasteiger partial charge < -0.3 is 30.1 Å². The first kappa shape index (κ1) is 18.3. The fraction of sp³-hybridized carbons (Fsp3) is 0.929. The first-order valence-corrected chi connectivity index (χ1v) is 7.49. The molecule has 1 aliphatic heterocycles. The summed E-state index contributed by atoms with van der Waals surface area (Å²) < 4.78 is 5.42. The van der Waals surface area contributed by atoms with Crippen molar-refractivity contribution < 1.29 is 30.0 Å². The Hall–Kier alpha value is -0.730. The van der Waals surface area contributed by atoms with Crippen molar-refractivity contribution in [2.24, 2.45) is 0 Å². The molecule has 7 nitrogen and oxygen atoms in total. The van der Waals surface area contributed by atoms with Crippen LogP contribution >= 0.6 is 0 Å². The Morgan fingerprint density at radius 2 is 1.95 bits per heavy atom. The average molecular weight is 305 g/mol. The number of ether oxygens (including phenoxy) is 1. The molecule has 0 aromatic rings. The average Bonchev–Trinajstić information content (AvgIpc) is 2.45. The standard InChI is InChI=1S/C14H27NO6/c1-10(17)15-6-4-2-3-5-7-21-14(12(19)9-16)13(20)11(18)8-15/h11-14,16,18-20H,2-9H2,1H3/t11-,12+,13+,14+/m0/s1. The molecular formula is C14H27NO6. The lowest BCUT2D eigenvalue weighted by Gasteiger charge is -2.33. The molecule has 21 heavy (non-hydrogen) atoms. The Labute approximate surface area is 125 Å². The highest BCUT2D eigenvalue weighted by molar-refractivity contribution is 5.73. The van der Waals surface area contributed by atoms with Crippen molar-refractivity contribution >= 4 is 5.91 Å². The van der Waals surface area contributed by atoms with Crippen LogP contribution in [0.4, 0.5) is 0 Å². The van der Waals surface area contributed by atoms with E-state index in [1.54, 1.807) is 0 Å². The van der Waals surface area contributed by atoms with Gasteiger partial charge in [-0.3, -0.25) is 4.79 Å². The first-order chi connectivity index (χ1) is 9.97. The number of nitrogens with zero attached hydrogens (tertiary/aromatic N) is 1. The quantitative estimate of drug-likeness (QED) is 0.514. The minimum Gasteiger partial charge on any atom is -0.394 e. The normalized spacial score (nSPS) is 31.1. The molecule has 124 valence electrons. The van der Waals surface area contributed by atoms with Gasteiger partial charge in [-0.1, -0.05) is 12.8 Å². The van der Waals surface area contributed by atoms with Crippen LogP contribution in [0.15, 0.2) is 0 Å². The number of aliphatic hydroxyl groups excluding tert-OH is 4. The Bertz CT molecular complexity index is 314. The second-order valence-corrected chi connectivity index (χ2v) is 5.52. The van der Waals surface area contributed by atoms with Crippen molar-refractivity contribution in [2.75, 3.05) is 26.3 Å². The topological polar surface area (TPSA) is 110 Å². The Morgan fingerprint density at radius 3 is 2.57 bits per heavy atom. The third kappa shape index (κ3) is 5.88. The van der Waals surface area contributed by atoms with Gasteiger partial charge in [0, 0.05) is 26.6 Å². The smallest absolute Gasteiger partial charge is 0.219 e. The van der Waals surface area contributed by atoms with Crippen molar-refractivity contribution in [3.05, 3.63) is 0 Å². The van der Waals surface area contributed by atoms with Gasteiger partial charge in [-0.2, -0.15) is 0 Å². The minimum absolute atomic E-state index is 0.0193. The number of carbonyl (C=O) groups excluding carboxylic acids is 1. The molecule has 7 heteroatoms. The van der Waals surface area contributed by atoms with Gasteiger partial charge in [-0.25, -0.2) is 0 Å². The zero-order chi connectivity index (χ0) is 15.8. The molecule has 1 amide bonds. The minimum atomic E-state index is -1.37. The highest BCUT2D eigenvalue weighted by atomic mass is 16.5. The third-order valence-electron chi connectivity index (χ3n) is 3.78. The maximum Gasteiger partial charge on any atom is 0.219 e. The van der Waals surface area contributed by atoms with Gasteiger partial charge >= 0.3 is 0 Å². The largest absolute Gasteiger partial charge is 0.394 e. The number of β-amino-alcohol motifs (C(OH)–C–C–N with tert-alkyl or cyclic N) is 1.